The van der Waals surface area contributed by atoms with Crippen molar-refractivity contribution in [2.45, 2.75) is 57.4 Å². The molecule has 4 bridgehead atoms. The Kier molecular flexibility index (Phi) is 3.15. The Hall–Kier alpha value is -0.0800. The molecule has 1 N–H and O–H groups in total. The third kappa shape index (κ3) is 2.06. The standard InChI is InChI=1S/C17H29NO/c1-18-16(15-2-4-19-5-3-15)17-9-12-6-13(10-17)8-14(7-12)11-17/h12-16,18H,2-11H2,1H3. The zero-order valence-electron chi connectivity index (χ0n) is 12.4. The number of hydrogen-bond acceptors (Lipinski definition) is 2. The first-order chi connectivity index (χ1) is 9.29. The largest absolute Gasteiger partial charge is 0.381 e. The van der Waals surface area contributed by atoms with Crippen molar-refractivity contribution in [2.75, 3.05) is 20.3 Å². The van der Waals surface area contributed by atoms with Crippen LogP contribution in [0.4, 0.5) is 0 Å². The van der Waals surface area contributed by atoms with Gasteiger partial charge < -0.3 is 10.1 Å². The molecule has 0 radical (unpaired) electrons. The van der Waals surface area contributed by atoms with Crippen LogP contribution in [0.15, 0.2) is 0 Å². The molecule has 2 heteroatoms. The molecular weight excluding hydrogens is 234 g/mol. The van der Waals surface area contributed by atoms with E-state index < -0.39 is 0 Å². The summed E-state index contributed by atoms with van der Waals surface area (Å²) in [6.07, 6.45) is 11.8. The maximum absolute atomic E-state index is 5.59. The summed E-state index contributed by atoms with van der Waals surface area (Å²) in [5.41, 5.74) is 0.658. The molecule has 1 saturated heterocycles. The van der Waals surface area contributed by atoms with Crippen LogP contribution in [-0.4, -0.2) is 26.3 Å². The van der Waals surface area contributed by atoms with Gasteiger partial charge in [-0.15, -0.1) is 0 Å². The minimum atomic E-state index is 0.658. The van der Waals surface area contributed by atoms with Gasteiger partial charge in [0.15, 0.2) is 0 Å². The summed E-state index contributed by atoms with van der Waals surface area (Å²) in [4.78, 5) is 0. The van der Waals surface area contributed by atoms with Crippen LogP contribution < -0.4 is 5.32 Å². The maximum Gasteiger partial charge on any atom is 0.0469 e. The first kappa shape index (κ1) is 12.6. The van der Waals surface area contributed by atoms with Gasteiger partial charge in [0, 0.05) is 19.3 Å². The van der Waals surface area contributed by atoms with Crippen LogP contribution in [0.3, 0.4) is 0 Å². The highest BCUT2D eigenvalue weighted by atomic mass is 16.5. The predicted molar refractivity (Wildman–Crippen MR) is 77.0 cm³/mol. The Bertz CT molecular complexity index is 299. The molecule has 0 aromatic heterocycles. The second-order valence-corrected chi connectivity index (χ2v) is 8.00. The Morgan fingerprint density at radius 1 is 0.947 bits per heavy atom. The van der Waals surface area contributed by atoms with Gasteiger partial charge in [-0.2, -0.15) is 0 Å². The average Bonchev–Trinajstić information content (AvgIpc) is 2.38. The molecule has 4 saturated carbocycles. The Morgan fingerprint density at radius 3 is 1.95 bits per heavy atom. The van der Waals surface area contributed by atoms with Gasteiger partial charge in [0.1, 0.15) is 0 Å². The molecule has 1 atom stereocenters. The fourth-order valence-corrected chi connectivity index (χ4v) is 6.65. The molecule has 0 spiro atoms. The molecule has 0 aromatic rings. The second kappa shape index (κ2) is 4.73. The topological polar surface area (TPSA) is 21.3 Å². The van der Waals surface area contributed by atoms with Gasteiger partial charge in [0.25, 0.3) is 0 Å². The smallest absolute Gasteiger partial charge is 0.0469 e. The average molecular weight is 263 g/mol. The highest BCUT2D eigenvalue weighted by Crippen LogP contribution is 2.62. The summed E-state index contributed by atoms with van der Waals surface area (Å²) in [5.74, 6) is 4.08. The van der Waals surface area contributed by atoms with E-state index in [0.717, 1.165) is 42.9 Å². The molecule has 19 heavy (non-hydrogen) atoms. The van der Waals surface area contributed by atoms with Crippen molar-refractivity contribution in [3.8, 4) is 0 Å². The van der Waals surface area contributed by atoms with Crippen LogP contribution >= 0.6 is 0 Å². The highest BCUT2D eigenvalue weighted by Gasteiger charge is 2.55. The molecule has 5 fully saturated rings. The third-order valence-electron chi connectivity index (χ3n) is 6.79. The molecule has 0 amide bonds. The predicted octanol–water partition coefficient (Wildman–Crippen LogP) is 3.22. The first-order valence-electron chi connectivity index (χ1n) is 8.54. The van der Waals surface area contributed by atoms with Crippen LogP contribution in [0.5, 0.6) is 0 Å². The minimum Gasteiger partial charge on any atom is -0.381 e. The van der Waals surface area contributed by atoms with E-state index in [2.05, 4.69) is 12.4 Å². The van der Waals surface area contributed by atoms with Gasteiger partial charge in [-0.3, -0.25) is 0 Å². The molecule has 5 rings (SSSR count). The molecule has 1 aliphatic heterocycles. The maximum atomic E-state index is 5.59. The van der Waals surface area contributed by atoms with E-state index >= 15 is 0 Å². The summed E-state index contributed by atoms with van der Waals surface area (Å²) in [7, 11) is 2.22. The van der Waals surface area contributed by atoms with Crippen LogP contribution in [0.2, 0.25) is 0 Å². The van der Waals surface area contributed by atoms with E-state index in [9.17, 15) is 0 Å². The molecule has 1 heterocycles. The van der Waals surface area contributed by atoms with Crippen molar-refractivity contribution >= 4 is 0 Å². The van der Waals surface area contributed by atoms with Gasteiger partial charge in [-0.05, 0) is 87.5 Å². The van der Waals surface area contributed by atoms with E-state index in [0.29, 0.717) is 5.41 Å². The monoisotopic (exact) mass is 263 g/mol. The van der Waals surface area contributed by atoms with Crippen LogP contribution in [0.1, 0.15) is 51.4 Å². The minimum absolute atomic E-state index is 0.658. The summed E-state index contributed by atoms with van der Waals surface area (Å²) >= 11 is 0. The summed E-state index contributed by atoms with van der Waals surface area (Å²) in [6, 6.07) is 0.768. The summed E-state index contributed by atoms with van der Waals surface area (Å²) in [6.45, 7) is 1.99. The van der Waals surface area contributed by atoms with Gasteiger partial charge in [0.05, 0.1) is 0 Å². The zero-order valence-corrected chi connectivity index (χ0v) is 12.4. The van der Waals surface area contributed by atoms with Crippen molar-refractivity contribution in [2.24, 2.45) is 29.1 Å². The van der Waals surface area contributed by atoms with E-state index in [-0.39, 0.29) is 0 Å². The van der Waals surface area contributed by atoms with E-state index in [1.165, 1.54) is 32.1 Å². The Labute approximate surface area is 117 Å². The van der Waals surface area contributed by atoms with Crippen molar-refractivity contribution < 1.29 is 4.74 Å². The molecule has 5 aliphatic rings. The molecule has 108 valence electrons. The summed E-state index contributed by atoms with van der Waals surface area (Å²) in [5, 5.41) is 3.77. The number of nitrogens with one attached hydrogen (secondary N) is 1. The van der Waals surface area contributed by atoms with Crippen molar-refractivity contribution in [1.29, 1.82) is 0 Å². The SMILES string of the molecule is CNC(C1CCOCC1)C12CC3CC(CC(C3)C1)C2. The van der Waals surface area contributed by atoms with Gasteiger partial charge in [-0.1, -0.05) is 0 Å². The van der Waals surface area contributed by atoms with Gasteiger partial charge in [-0.25, -0.2) is 0 Å². The second-order valence-electron chi connectivity index (χ2n) is 8.00. The molecule has 4 aliphatic carbocycles. The fraction of sp³-hybridized carbons (Fsp3) is 1.00. The van der Waals surface area contributed by atoms with Crippen molar-refractivity contribution in [1.82, 2.24) is 5.32 Å². The lowest BCUT2D eigenvalue weighted by Gasteiger charge is -2.61. The third-order valence-corrected chi connectivity index (χ3v) is 6.79. The van der Waals surface area contributed by atoms with Crippen LogP contribution in [0.25, 0.3) is 0 Å². The van der Waals surface area contributed by atoms with Gasteiger partial charge in [0.2, 0.25) is 0 Å². The quantitative estimate of drug-likeness (QED) is 0.844. The molecule has 0 aromatic carbocycles. The zero-order chi connectivity index (χ0) is 12.9. The molecular formula is C17H29NO. The number of hydrogen-bond donors (Lipinski definition) is 1. The molecule has 2 nitrogen and oxygen atoms in total. The van der Waals surface area contributed by atoms with E-state index in [4.69, 9.17) is 4.74 Å². The van der Waals surface area contributed by atoms with Crippen molar-refractivity contribution in [3.63, 3.8) is 0 Å². The lowest BCUT2D eigenvalue weighted by atomic mass is 9.46. The summed E-state index contributed by atoms with van der Waals surface area (Å²) < 4.78 is 5.59. The number of ether oxygens (including phenoxy) is 1. The van der Waals surface area contributed by atoms with E-state index in [1.54, 1.807) is 19.3 Å². The van der Waals surface area contributed by atoms with Crippen molar-refractivity contribution in [3.05, 3.63) is 0 Å². The number of rotatable bonds is 3. The Morgan fingerprint density at radius 2 is 1.47 bits per heavy atom. The van der Waals surface area contributed by atoms with Crippen LogP contribution in [0, 0.1) is 29.1 Å². The van der Waals surface area contributed by atoms with Crippen LogP contribution in [-0.2, 0) is 4.74 Å². The normalized spacial score (nSPS) is 47.5. The van der Waals surface area contributed by atoms with E-state index in [1.807, 2.05) is 0 Å². The lowest BCUT2D eigenvalue weighted by molar-refractivity contribution is -0.0929. The lowest BCUT2D eigenvalue weighted by Crippen LogP contribution is -2.58. The Balaban J connectivity index is 1.58. The first-order valence-corrected chi connectivity index (χ1v) is 8.54. The molecule has 1 unspecified atom stereocenters. The highest BCUT2D eigenvalue weighted by molar-refractivity contribution is 5.07. The fourth-order valence-electron chi connectivity index (χ4n) is 6.65. The van der Waals surface area contributed by atoms with Gasteiger partial charge >= 0.3 is 0 Å².